The number of likely N-dealkylation sites (tertiary alicyclic amines) is 1. The van der Waals surface area contributed by atoms with Crippen molar-refractivity contribution in [2.24, 2.45) is 5.92 Å². The molecule has 0 aromatic carbocycles. The van der Waals surface area contributed by atoms with Crippen molar-refractivity contribution in [1.82, 2.24) is 4.90 Å². The quantitative estimate of drug-likeness (QED) is 0.526. The van der Waals surface area contributed by atoms with Crippen LogP contribution in [0.3, 0.4) is 0 Å². The van der Waals surface area contributed by atoms with Crippen molar-refractivity contribution in [1.29, 1.82) is 0 Å². The third-order valence-electron chi connectivity index (χ3n) is 3.32. The summed E-state index contributed by atoms with van der Waals surface area (Å²) < 4.78 is 0. The van der Waals surface area contributed by atoms with Gasteiger partial charge in [0.05, 0.1) is 0 Å². The minimum Gasteiger partial charge on any atom is -0.343 e. The van der Waals surface area contributed by atoms with Crippen molar-refractivity contribution in [2.75, 3.05) is 19.0 Å². The third-order valence-corrected chi connectivity index (χ3v) is 3.58. The van der Waals surface area contributed by atoms with Crippen molar-refractivity contribution in [3.05, 3.63) is 0 Å². The van der Waals surface area contributed by atoms with Gasteiger partial charge in [-0.3, -0.25) is 4.79 Å². The lowest BCUT2D eigenvalue weighted by Crippen LogP contribution is -2.31. The standard InChI is InChI=1S/C12H22ClNO/c1-2-11-5-6-12(15)14(10-7-11)9-4-3-8-13/h11H,2-10H2,1H3. The van der Waals surface area contributed by atoms with Gasteiger partial charge in [0.25, 0.3) is 0 Å². The highest BCUT2D eigenvalue weighted by atomic mass is 35.5. The van der Waals surface area contributed by atoms with Crippen LogP contribution in [0.2, 0.25) is 0 Å². The van der Waals surface area contributed by atoms with E-state index in [9.17, 15) is 4.79 Å². The molecule has 0 aromatic rings. The van der Waals surface area contributed by atoms with Crippen LogP contribution >= 0.6 is 11.6 Å². The first kappa shape index (κ1) is 12.8. The SMILES string of the molecule is CCC1CCC(=O)N(CCCCCl)CC1. The molecule has 0 saturated carbocycles. The van der Waals surface area contributed by atoms with Gasteiger partial charge < -0.3 is 4.90 Å². The van der Waals surface area contributed by atoms with Crippen LogP contribution in [0.4, 0.5) is 0 Å². The topological polar surface area (TPSA) is 20.3 Å². The average molecular weight is 232 g/mol. The van der Waals surface area contributed by atoms with E-state index in [1.165, 1.54) is 12.8 Å². The molecule has 1 heterocycles. The molecule has 1 saturated heterocycles. The normalized spacial score (nSPS) is 22.9. The second-order valence-electron chi connectivity index (χ2n) is 4.38. The molecule has 88 valence electrons. The van der Waals surface area contributed by atoms with Gasteiger partial charge >= 0.3 is 0 Å². The Morgan fingerprint density at radius 3 is 2.87 bits per heavy atom. The molecule has 0 radical (unpaired) electrons. The second kappa shape index (κ2) is 7.10. The summed E-state index contributed by atoms with van der Waals surface area (Å²) in [6.07, 6.45) is 6.29. The monoisotopic (exact) mass is 231 g/mol. The van der Waals surface area contributed by atoms with Crippen molar-refractivity contribution in [3.8, 4) is 0 Å². The molecule has 1 amide bonds. The van der Waals surface area contributed by atoms with E-state index in [1.807, 2.05) is 4.90 Å². The number of alkyl halides is 1. The summed E-state index contributed by atoms with van der Waals surface area (Å²) in [5, 5.41) is 0. The third kappa shape index (κ3) is 4.42. The molecule has 0 N–H and O–H groups in total. The Hall–Kier alpha value is -0.240. The van der Waals surface area contributed by atoms with Crippen LogP contribution in [0.15, 0.2) is 0 Å². The second-order valence-corrected chi connectivity index (χ2v) is 4.76. The van der Waals surface area contributed by atoms with Gasteiger partial charge in [-0.1, -0.05) is 13.3 Å². The highest BCUT2D eigenvalue weighted by Crippen LogP contribution is 2.21. The molecule has 0 aromatic heterocycles. The molecule has 0 spiro atoms. The lowest BCUT2D eigenvalue weighted by Gasteiger charge is -2.20. The molecule has 0 bridgehead atoms. The van der Waals surface area contributed by atoms with Gasteiger partial charge in [0, 0.05) is 25.4 Å². The number of halogens is 1. The van der Waals surface area contributed by atoms with E-state index in [4.69, 9.17) is 11.6 Å². The number of hydrogen-bond donors (Lipinski definition) is 0. The predicted molar refractivity (Wildman–Crippen MR) is 64.2 cm³/mol. The zero-order chi connectivity index (χ0) is 11.1. The van der Waals surface area contributed by atoms with Crippen molar-refractivity contribution in [2.45, 2.75) is 45.4 Å². The Labute approximate surface area is 98.0 Å². The Morgan fingerprint density at radius 2 is 2.20 bits per heavy atom. The lowest BCUT2D eigenvalue weighted by atomic mass is 9.98. The highest BCUT2D eigenvalue weighted by Gasteiger charge is 2.20. The number of hydrogen-bond acceptors (Lipinski definition) is 1. The van der Waals surface area contributed by atoms with E-state index < -0.39 is 0 Å². The first-order valence-electron chi connectivity index (χ1n) is 6.11. The fourth-order valence-corrected chi connectivity index (χ4v) is 2.32. The zero-order valence-corrected chi connectivity index (χ0v) is 10.4. The summed E-state index contributed by atoms with van der Waals surface area (Å²) in [4.78, 5) is 13.8. The van der Waals surface area contributed by atoms with Crippen LogP contribution in [0.5, 0.6) is 0 Å². The zero-order valence-electron chi connectivity index (χ0n) is 9.67. The van der Waals surface area contributed by atoms with E-state index in [-0.39, 0.29) is 0 Å². The Morgan fingerprint density at radius 1 is 1.40 bits per heavy atom. The van der Waals surface area contributed by atoms with Gasteiger partial charge in [0.15, 0.2) is 0 Å². The van der Waals surface area contributed by atoms with E-state index in [0.29, 0.717) is 11.8 Å². The van der Waals surface area contributed by atoms with E-state index >= 15 is 0 Å². The molecule has 1 aliphatic rings. The fraction of sp³-hybridized carbons (Fsp3) is 0.917. The molecular weight excluding hydrogens is 210 g/mol. The minimum absolute atomic E-state index is 0.348. The first-order valence-corrected chi connectivity index (χ1v) is 6.65. The molecular formula is C12H22ClNO. The van der Waals surface area contributed by atoms with Gasteiger partial charge in [-0.05, 0) is 31.6 Å². The number of rotatable bonds is 5. The van der Waals surface area contributed by atoms with Gasteiger partial charge in [0.2, 0.25) is 5.91 Å². The minimum atomic E-state index is 0.348. The number of nitrogens with zero attached hydrogens (tertiary/aromatic N) is 1. The summed E-state index contributed by atoms with van der Waals surface area (Å²) in [6, 6.07) is 0. The molecule has 1 atom stereocenters. The van der Waals surface area contributed by atoms with E-state index in [1.54, 1.807) is 0 Å². The maximum Gasteiger partial charge on any atom is 0.222 e. The van der Waals surface area contributed by atoms with Crippen molar-refractivity contribution < 1.29 is 4.79 Å². The Bertz CT molecular complexity index is 196. The largest absolute Gasteiger partial charge is 0.343 e. The Kier molecular flexibility index (Phi) is 6.07. The maximum absolute atomic E-state index is 11.8. The summed E-state index contributed by atoms with van der Waals surface area (Å²) >= 11 is 5.63. The van der Waals surface area contributed by atoms with E-state index in [0.717, 1.165) is 44.7 Å². The Balaban J connectivity index is 2.33. The van der Waals surface area contributed by atoms with Crippen LogP contribution < -0.4 is 0 Å². The molecule has 0 aliphatic carbocycles. The molecule has 1 aliphatic heterocycles. The van der Waals surface area contributed by atoms with Crippen LogP contribution in [0.25, 0.3) is 0 Å². The predicted octanol–water partition coefficient (Wildman–Crippen LogP) is 3.04. The smallest absolute Gasteiger partial charge is 0.222 e. The maximum atomic E-state index is 11.8. The van der Waals surface area contributed by atoms with Crippen LogP contribution in [0, 0.1) is 5.92 Å². The number of unbranched alkanes of at least 4 members (excludes halogenated alkanes) is 1. The molecule has 1 unspecified atom stereocenters. The number of carbonyl (C=O) groups excluding carboxylic acids is 1. The summed E-state index contributed by atoms with van der Waals surface area (Å²) in [6.45, 7) is 4.08. The summed E-state index contributed by atoms with van der Waals surface area (Å²) in [7, 11) is 0. The molecule has 1 rings (SSSR count). The summed E-state index contributed by atoms with van der Waals surface area (Å²) in [5.74, 6) is 1.81. The molecule has 1 fully saturated rings. The molecule has 2 nitrogen and oxygen atoms in total. The lowest BCUT2D eigenvalue weighted by molar-refractivity contribution is -0.130. The summed E-state index contributed by atoms with van der Waals surface area (Å²) in [5.41, 5.74) is 0. The van der Waals surface area contributed by atoms with Crippen LogP contribution in [0.1, 0.15) is 45.4 Å². The molecule has 15 heavy (non-hydrogen) atoms. The molecule has 3 heteroatoms. The van der Waals surface area contributed by atoms with Crippen molar-refractivity contribution >= 4 is 17.5 Å². The number of amides is 1. The van der Waals surface area contributed by atoms with Crippen LogP contribution in [-0.2, 0) is 4.79 Å². The highest BCUT2D eigenvalue weighted by molar-refractivity contribution is 6.17. The van der Waals surface area contributed by atoms with Crippen molar-refractivity contribution in [3.63, 3.8) is 0 Å². The van der Waals surface area contributed by atoms with Gasteiger partial charge in [-0.25, -0.2) is 0 Å². The van der Waals surface area contributed by atoms with Gasteiger partial charge in [0.1, 0.15) is 0 Å². The first-order chi connectivity index (χ1) is 7.27. The fourth-order valence-electron chi connectivity index (χ4n) is 2.14. The van der Waals surface area contributed by atoms with Gasteiger partial charge in [-0.15, -0.1) is 11.6 Å². The van der Waals surface area contributed by atoms with Gasteiger partial charge in [-0.2, -0.15) is 0 Å². The average Bonchev–Trinajstić information content (AvgIpc) is 2.42. The van der Waals surface area contributed by atoms with Crippen LogP contribution in [-0.4, -0.2) is 29.8 Å². The number of carbonyl (C=O) groups is 1. The van der Waals surface area contributed by atoms with E-state index in [2.05, 4.69) is 6.92 Å².